The molecule has 9 atom stereocenters. The van der Waals surface area contributed by atoms with Crippen molar-refractivity contribution in [1.29, 1.82) is 0 Å². The van der Waals surface area contributed by atoms with Crippen LogP contribution < -0.4 is 0 Å². The molecule has 0 bridgehead atoms. The summed E-state index contributed by atoms with van der Waals surface area (Å²) in [6, 6.07) is -0.306. The minimum atomic E-state index is -0.870. The van der Waals surface area contributed by atoms with Gasteiger partial charge in [0.25, 0.3) is 0 Å². The van der Waals surface area contributed by atoms with Crippen molar-refractivity contribution < 1.29 is 4.39 Å². The van der Waals surface area contributed by atoms with Gasteiger partial charge >= 0.3 is 0 Å². The van der Waals surface area contributed by atoms with E-state index in [1.54, 1.807) is 0 Å². The highest BCUT2D eigenvalue weighted by molar-refractivity contribution is 5.30. The number of allylic oxidation sites excluding steroid dienone is 1. The third-order valence-electron chi connectivity index (χ3n) is 10.4. The lowest BCUT2D eigenvalue weighted by Crippen LogP contribution is -2.53. The molecule has 0 aliphatic heterocycles. The Balaban J connectivity index is 1.52. The fraction of sp³-hybridized carbons (Fsp3) is 0.926. The second-order valence-corrected chi connectivity index (χ2v) is 12.4. The van der Waals surface area contributed by atoms with Crippen molar-refractivity contribution in [2.75, 3.05) is 0 Å². The minimum Gasteiger partial charge on any atom is -0.243 e. The molecule has 0 aromatic rings. The number of fused-ring (bicyclic) bond motifs is 5. The summed E-state index contributed by atoms with van der Waals surface area (Å²) in [6.45, 7) is 12.0. The minimum absolute atomic E-state index is 0.0498. The first-order chi connectivity index (χ1) is 14.2. The normalized spacial score (nSPS) is 46.6. The van der Waals surface area contributed by atoms with Gasteiger partial charge in [0.05, 0.1) is 0 Å². The van der Waals surface area contributed by atoms with E-state index < -0.39 is 6.17 Å². The van der Waals surface area contributed by atoms with E-state index in [9.17, 15) is 4.91 Å². The van der Waals surface area contributed by atoms with Crippen molar-refractivity contribution in [3.05, 3.63) is 16.6 Å². The summed E-state index contributed by atoms with van der Waals surface area (Å²) in [5.74, 6) is 4.21. The molecule has 2 unspecified atom stereocenters. The summed E-state index contributed by atoms with van der Waals surface area (Å²) < 4.78 is 15.5. The van der Waals surface area contributed by atoms with E-state index in [4.69, 9.17) is 0 Å². The van der Waals surface area contributed by atoms with Crippen LogP contribution in [0.2, 0.25) is 0 Å². The zero-order valence-electron chi connectivity index (χ0n) is 20.0. The fourth-order valence-electron chi connectivity index (χ4n) is 8.82. The predicted octanol–water partition coefficient (Wildman–Crippen LogP) is 8.11. The van der Waals surface area contributed by atoms with Crippen LogP contribution in [0.1, 0.15) is 98.8 Å². The number of nitrogens with zero attached hydrogens (tertiary/aromatic N) is 1. The Hall–Kier alpha value is -0.730. The lowest BCUT2D eigenvalue weighted by atomic mass is 9.46. The van der Waals surface area contributed by atoms with Gasteiger partial charge in [0.1, 0.15) is 12.2 Å². The molecule has 30 heavy (non-hydrogen) atoms. The van der Waals surface area contributed by atoms with Gasteiger partial charge in [-0.05, 0) is 96.9 Å². The molecule has 0 N–H and O–H groups in total. The van der Waals surface area contributed by atoms with Crippen molar-refractivity contribution in [3.8, 4) is 0 Å². The predicted molar refractivity (Wildman–Crippen MR) is 123 cm³/mol. The van der Waals surface area contributed by atoms with Crippen molar-refractivity contribution in [2.24, 2.45) is 51.5 Å². The molecule has 2 nitrogen and oxygen atoms in total. The molecule has 3 heteroatoms. The third kappa shape index (κ3) is 3.60. The molecule has 0 aromatic carbocycles. The number of alkyl halides is 1. The summed E-state index contributed by atoms with van der Waals surface area (Å²) in [5.41, 5.74) is 1.28. The zero-order valence-corrected chi connectivity index (χ0v) is 20.0. The molecule has 3 fully saturated rings. The van der Waals surface area contributed by atoms with Crippen LogP contribution in [0.15, 0.2) is 16.8 Å². The van der Waals surface area contributed by atoms with Crippen LogP contribution in [0.5, 0.6) is 0 Å². The SMILES string of the molecule is CC(C)CCC[C@@H](C)[C@H]1CC[C@H]2[C@@H]3CC(F)C4=CC(N=O)CC[C@]4(C)[C@H]3CC[C@]12C. The van der Waals surface area contributed by atoms with Crippen molar-refractivity contribution >= 4 is 0 Å². The van der Waals surface area contributed by atoms with Gasteiger partial charge in [-0.15, -0.1) is 0 Å². The molecular weight excluding hydrogens is 373 g/mol. The Morgan fingerprint density at radius 3 is 2.53 bits per heavy atom. The first kappa shape index (κ1) is 22.5. The summed E-state index contributed by atoms with van der Waals surface area (Å²) >= 11 is 0. The van der Waals surface area contributed by atoms with Gasteiger partial charge < -0.3 is 0 Å². The molecule has 0 heterocycles. The monoisotopic (exact) mass is 417 g/mol. The largest absolute Gasteiger partial charge is 0.243 e. The Labute approximate surface area is 183 Å². The van der Waals surface area contributed by atoms with Gasteiger partial charge in [-0.3, -0.25) is 0 Å². The smallest absolute Gasteiger partial charge is 0.122 e. The number of halogens is 1. The maximum Gasteiger partial charge on any atom is 0.122 e. The highest BCUT2D eigenvalue weighted by atomic mass is 19.1. The highest BCUT2D eigenvalue weighted by Gasteiger charge is 2.61. The molecule has 0 amide bonds. The Kier molecular flexibility index (Phi) is 6.23. The van der Waals surface area contributed by atoms with E-state index >= 15 is 4.39 Å². The van der Waals surface area contributed by atoms with Crippen molar-refractivity contribution in [3.63, 3.8) is 0 Å². The van der Waals surface area contributed by atoms with Gasteiger partial charge in [0.15, 0.2) is 0 Å². The molecule has 4 aliphatic rings. The van der Waals surface area contributed by atoms with Crippen LogP contribution in [0.4, 0.5) is 4.39 Å². The Bertz CT molecular complexity index is 674. The number of hydrogen-bond acceptors (Lipinski definition) is 2. The quantitative estimate of drug-likeness (QED) is 0.317. The van der Waals surface area contributed by atoms with Gasteiger partial charge in [0, 0.05) is 0 Å². The molecule has 4 aliphatic carbocycles. The topological polar surface area (TPSA) is 29.4 Å². The van der Waals surface area contributed by atoms with Crippen molar-refractivity contribution in [2.45, 2.75) is 111 Å². The van der Waals surface area contributed by atoms with Gasteiger partial charge in [0.2, 0.25) is 0 Å². The van der Waals surface area contributed by atoms with E-state index in [1.165, 1.54) is 44.9 Å². The molecule has 170 valence electrons. The van der Waals surface area contributed by atoms with E-state index in [0.29, 0.717) is 29.6 Å². The average molecular weight is 418 g/mol. The maximum atomic E-state index is 15.5. The lowest BCUT2D eigenvalue weighted by molar-refractivity contribution is -0.0737. The van der Waals surface area contributed by atoms with Crippen LogP contribution in [0.3, 0.4) is 0 Å². The molecule has 4 rings (SSSR count). The van der Waals surface area contributed by atoms with Crippen LogP contribution in [0.25, 0.3) is 0 Å². The Morgan fingerprint density at radius 1 is 1.07 bits per heavy atom. The molecule has 0 radical (unpaired) electrons. The van der Waals surface area contributed by atoms with Crippen LogP contribution >= 0.6 is 0 Å². The lowest BCUT2D eigenvalue weighted by Gasteiger charge is -2.59. The molecule has 3 saturated carbocycles. The van der Waals surface area contributed by atoms with Gasteiger partial charge in [-0.2, -0.15) is 4.91 Å². The van der Waals surface area contributed by atoms with E-state index in [2.05, 4.69) is 39.8 Å². The standard InChI is InChI=1S/C27H44FNO/c1-17(2)7-6-8-18(3)21-9-10-22-20-16-25(28)24-15-19(29-30)11-13-27(24,5)23(20)12-14-26(21,22)4/h15,17-23,25H,6-14,16H2,1-5H3/t18-,19?,20+,21-,22+,23+,25?,26-,27-/m1/s1. The molecular formula is C27H44FNO. The number of rotatable bonds is 6. The van der Waals surface area contributed by atoms with Gasteiger partial charge in [-0.1, -0.05) is 65.1 Å². The second-order valence-electron chi connectivity index (χ2n) is 12.4. The van der Waals surface area contributed by atoms with Crippen LogP contribution in [0, 0.1) is 51.2 Å². The van der Waals surface area contributed by atoms with Gasteiger partial charge in [-0.25, -0.2) is 4.39 Å². The number of hydrogen-bond donors (Lipinski definition) is 0. The van der Waals surface area contributed by atoms with E-state index in [1.807, 2.05) is 6.08 Å². The maximum absolute atomic E-state index is 15.5. The molecule has 0 spiro atoms. The molecule has 0 saturated heterocycles. The third-order valence-corrected chi connectivity index (χ3v) is 10.4. The highest BCUT2D eigenvalue weighted by Crippen LogP contribution is 2.68. The molecule has 0 aromatic heterocycles. The summed E-state index contributed by atoms with van der Waals surface area (Å²) in [6.07, 6.45) is 12.7. The first-order valence-corrected chi connectivity index (χ1v) is 12.9. The van der Waals surface area contributed by atoms with E-state index in [-0.39, 0.29) is 11.5 Å². The summed E-state index contributed by atoms with van der Waals surface area (Å²) in [5, 5.41) is 3.24. The Morgan fingerprint density at radius 2 is 1.83 bits per heavy atom. The first-order valence-electron chi connectivity index (χ1n) is 12.9. The van der Waals surface area contributed by atoms with Crippen LogP contribution in [-0.4, -0.2) is 12.2 Å². The average Bonchev–Trinajstić information content (AvgIpc) is 3.05. The number of nitroso groups, excluding NO2 is 1. The fourth-order valence-corrected chi connectivity index (χ4v) is 8.82. The van der Waals surface area contributed by atoms with Crippen molar-refractivity contribution in [1.82, 2.24) is 0 Å². The zero-order chi connectivity index (χ0) is 21.7. The van der Waals surface area contributed by atoms with E-state index in [0.717, 1.165) is 36.2 Å². The summed E-state index contributed by atoms with van der Waals surface area (Å²) in [7, 11) is 0. The summed E-state index contributed by atoms with van der Waals surface area (Å²) in [4.78, 5) is 11.1. The second kappa shape index (κ2) is 8.32. The van der Waals surface area contributed by atoms with Crippen LogP contribution in [-0.2, 0) is 0 Å².